The third-order valence-electron chi connectivity index (χ3n) is 3.24. The number of rotatable bonds is 3. The van der Waals surface area contributed by atoms with Crippen LogP contribution in [-0.4, -0.2) is 21.6 Å². The highest BCUT2D eigenvalue weighted by atomic mass is 35.6. The minimum Gasteiger partial charge on any atom is -0.168 e. The van der Waals surface area contributed by atoms with E-state index < -0.39 is 21.6 Å². The first-order valence-electron chi connectivity index (χ1n) is 5.85. The Hall–Kier alpha value is 0.161. The smallest absolute Gasteiger partial charge is 0.166 e. The van der Waals surface area contributed by atoms with Crippen LogP contribution in [-0.2, 0) is 0 Å². The second kappa shape index (κ2) is 4.44. The van der Waals surface area contributed by atoms with E-state index in [9.17, 15) is 0 Å². The van der Waals surface area contributed by atoms with E-state index in [2.05, 4.69) is 69.6 Å². The summed E-state index contributed by atoms with van der Waals surface area (Å²) in [5, 5.41) is 1.47. The Labute approximate surface area is 107 Å². The predicted molar refractivity (Wildman–Crippen MR) is 84.4 cm³/mol. The van der Waals surface area contributed by atoms with Gasteiger partial charge in [-0.15, -0.1) is 0 Å². The molecule has 0 spiro atoms. The Morgan fingerprint density at radius 1 is 0.750 bits per heavy atom. The molecule has 0 nitrogen and oxygen atoms in total. The first-order valence-corrected chi connectivity index (χ1v) is 17.9. The van der Waals surface area contributed by atoms with E-state index in [1.54, 1.807) is 0 Å². The lowest BCUT2D eigenvalue weighted by Crippen LogP contribution is -2.74. The van der Waals surface area contributed by atoms with Crippen LogP contribution in [0.1, 0.15) is 0 Å². The molecule has 0 aliphatic rings. The van der Waals surface area contributed by atoms with E-state index in [-0.39, 0.29) is 0 Å². The molecule has 16 heavy (non-hydrogen) atoms. The van der Waals surface area contributed by atoms with Gasteiger partial charge in [0.25, 0.3) is 0 Å². The average Bonchev–Trinajstić information content (AvgIpc) is 2.14. The van der Waals surface area contributed by atoms with Gasteiger partial charge in [-0.2, -0.15) is 11.1 Å². The van der Waals surface area contributed by atoms with Gasteiger partial charge in [-0.25, -0.2) is 0 Å². The lowest BCUT2D eigenvalue weighted by molar-refractivity contribution is 1.73. The molecule has 0 saturated heterocycles. The molecule has 0 unspecified atom stereocenters. The van der Waals surface area contributed by atoms with E-state index in [1.165, 1.54) is 5.19 Å². The summed E-state index contributed by atoms with van der Waals surface area (Å²) in [5.41, 5.74) is 0. The number of hydrogen-bond donors (Lipinski definition) is 0. The summed E-state index contributed by atoms with van der Waals surface area (Å²) in [7, 11) is -2.64. The monoisotopic (exact) mass is 286 g/mol. The summed E-state index contributed by atoms with van der Waals surface area (Å²) < 4.78 is 0. The molecule has 0 aliphatic heterocycles. The average molecular weight is 287 g/mol. The standard InChI is InChI=1S/C12H23ClSi3/c1-14(2,3)16(13,15(4,5)6)12-10-8-7-9-11-12/h7-11H,1-6H3. The van der Waals surface area contributed by atoms with E-state index in [1.807, 2.05) is 0 Å². The van der Waals surface area contributed by atoms with Crippen LogP contribution < -0.4 is 5.19 Å². The molecule has 1 aromatic rings. The van der Waals surface area contributed by atoms with Gasteiger partial charge in [-0.05, 0) is 5.19 Å². The second-order valence-electron chi connectivity index (χ2n) is 6.52. The van der Waals surface area contributed by atoms with Gasteiger partial charge in [0, 0.05) is 0 Å². The molecule has 0 N–H and O–H groups in total. The SMILES string of the molecule is C[Si](C)(C)[Si](Cl)(c1ccccc1)[Si](C)(C)C. The molecule has 90 valence electrons. The van der Waals surface area contributed by atoms with Crippen molar-refractivity contribution in [3.05, 3.63) is 30.3 Å². The van der Waals surface area contributed by atoms with Crippen molar-refractivity contribution >= 4 is 37.9 Å². The molecule has 0 heterocycles. The van der Waals surface area contributed by atoms with Gasteiger partial charge in [0.2, 0.25) is 0 Å². The van der Waals surface area contributed by atoms with Crippen LogP contribution in [0.15, 0.2) is 30.3 Å². The van der Waals surface area contributed by atoms with Crippen molar-refractivity contribution in [1.82, 2.24) is 0 Å². The van der Waals surface area contributed by atoms with Crippen LogP contribution in [0.5, 0.6) is 0 Å². The van der Waals surface area contributed by atoms with Gasteiger partial charge in [0.05, 0.1) is 15.2 Å². The van der Waals surface area contributed by atoms with Gasteiger partial charge in [0.15, 0.2) is 6.42 Å². The molecule has 4 heteroatoms. The molecular weight excluding hydrogens is 264 g/mol. The molecule has 0 amide bonds. The Kier molecular flexibility index (Phi) is 3.95. The molecule has 0 saturated carbocycles. The molecule has 0 fully saturated rings. The summed E-state index contributed by atoms with van der Waals surface area (Å²) >= 11 is 7.28. The Bertz CT molecular complexity index is 335. The van der Waals surface area contributed by atoms with E-state index in [4.69, 9.17) is 11.1 Å². The van der Waals surface area contributed by atoms with E-state index in [0.717, 1.165) is 0 Å². The van der Waals surface area contributed by atoms with Gasteiger partial charge in [-0.1, -0.05) is 69.6 Å². The van der Waals surface area contributed by atoms with Crippen LogP contribution in [0, 0.1) is 0 Å². The normalized spacial score (nSPS) is 13.9. The lowest BCUT2D eigenvalue weighted by Gasteiger charge is -2.45. The highest BCUT2D eigenvalue weighted by Crippen LogP contribution is 2.32. The molecule has 0 aromatic heterocycles. The molecule has 0 atom stereocenters. The third-order valence-corrected chi connectivity index (χ3v) is 47.0. The predicted octanol–water partition coefficient (Wildman–Crippen LogP) is 3.91. The van der Waals surface area contributed by atoms with Crippen LogP contribution in [0.2, 0.25) is 39.3 Å². The number of hydrogen-bond acceptors (Lipinski definition) is 0. The van der Waals surface area contributed by atoms with Crippen molar-refractivity contribution < 1.29 is 0 Å². The summed E-state index contributed by atoms with van der Waals surface area (Å²) in [6.07, 6.45) is -1.78. The quantitative estimate of drug-likeness (QED) is 0.584. The fraction of sp³-hybridized carbons (Fsp3) is 0.500. The van der Waals surface area contributed by atoms with Crippen molar-refractivity contribution in [2.45, 2.75) is 39.3 Å². The number of halogens is 1. The lowest BCUT2D eigenvalue weighted by atomic mass is 10.4. The Balaban J connectivity index is 3.39. The van der Waals surface area contributed by atoms with Crippen LogP contribution in [0.25, 0.3) is 0 Å². The third kappa shape index (κ3) is 2.37. The zero-order valence-corrected chi connectivity index (χ0v) is 15.0. The highest BCUT2D eigenvalue weighted by Gasteiger charge is 2.55. The molecule has 1 rings (SSSR count). The number of benzene rings is 1. The Morgan fingerprint density at radius 2 is 1.12 bits per heavy atom. The summed E-state index contributed by atoms with van der Waals surface area (Å²) in [6, 6.07) is 10.9. The molecule has 0 aliphatic carbocycles. The van der Waals surface area contributed by atoms with Crippen molar-refractivity contribution in [2.75, 3.05) is 0 Å². The maximum Gasteiger partial charge on any atom is 0.166 e. The van der Waals surface area contributed by atoms with Crippen molar-refractivity contribution in [3.63, 3.8) is 0 Å². The zero-order valence-electron chi connectivity index (χ0n) is 11.3. The molecular formula is C12H23ClSi3. The van der Waals surface area contributed by atoms with E-state index in [0.29, 0.717) is 0 Å². The van der Waals surface area contributed by atoms with Crippen LogP contribution >= 0.6 is 11.1 Å². The summed E-state index contributed by atoms with van der Waals surface area (Å²) in [6.45, 7) is 14.7. The summed E-state index contributed by atoms with van der Waals surface area (Å²) in [5.74, 6) is 0. The fourth-order valence-electron chi connectivity index (χ4n) is 2.66. The maximum atomic E-state index is 7.28. The first kappa shape index (κ1) is 14.2. The van der Waals surface area contributed by atoms with Crippen molar-refractivity contribution in [2.24, 2.45) is 0 Å². The summed E-state index contributed by atoms with van der Waals surface area (Å²) in [4.78, 5) is 0. The zero-order chi connectivity index (χ0) is 12.6. The van der Waals surface area contributed by atoms with Gasteiger partial charge in [0.1, 0.15) is 0 Å². The van der Waals surface area contributed by atoms with Gasteiger partial charge >= 0.3 is 0 Å². The molecule has 1 aromatic carbocycles. The van der Waals surface area contributed by atoms with Gasteiger partial charge in [-0.3, -0.25) is 0 Å². The molecule has 0 radical (unpaired) electrons. The fourth-order valence-corrected chi connectivity index (χ4v) is 40.9. The van der Waals surface area contributed by atoms with E-state index >= 15 is 0 Å². The first-order chi connectivity index (χ1) is 7.11. The minimum absolute atomic E-state index is 1.32. The molecule has 0 bridgehead atoms. The Morgan fingerprint density at radius 3 is 1.44 bits per heavy atom. The topological polar surface area (TPSA) is 0 Å². The van der Waals surface area contributed by atoms with Crippen LogP contribution in [0.3, 0.4) is 0 Å². The second-order valence-corrected chi connectivity index (χ2v) is 36.0. The van der Waals surface area contributed by atoms with Crippen molar-refractivity contribution in [3.8, 4) is 0 Å². The largest absolute Gasteiger partial charge is 0.168 e. The highest BCUT2D eigenvalue weighted by molar-refractivity contribution is 7.86. The van der Waals surface area contributed by atoms with Crippen LogP contribution in [0.4, 0.5) is 0 Å². The van der Waals surface area contributed by atoms with Gasteiger partial charge < -0.3 is 0 Å². The minimum atomic E-state index is -1.78. The maximum absolute atomic E-state index is 7.28. The van der Waals surface area contributed by atoms with Crippen molar-refractivity contribution in [1.29, 1.82) is 0 Å².